The maximum Gasteiger partial charge on any atom is 0.208 e. The van der Waals surface area contributed by atoms with Crippen molar-refractivity contribution in [1.29, 1.82) is 0 Å². The van der Waals surface area contributed by atoms with E-state index in [4.69, 9.17) is 34.4 Å². The Bertz CT molecular complexity index is 963. The topological polar surface area (TPSA) is 224 Å². The number of nitrogen functional groups attached to an aromatic ring is 2. The number of carbonyl (C=O) groups excluding carboxylic acids is 4. The van der Waals surface area contributed by atoms with Crippen molar-refractivity contribution >= 4 is 34.5 Å². The van der Waals surface area contributed by atoms with Crippen molar-refractivity contribution in [2.75, 3.05) is 37.6 Å². The van der Waals surface area contributed by atoms with E-state index in [1.807, 2.05) is 12.1 Å². The molecule has 12 N–H and O–H groups in total. The highest BCUT2D eigenvalue weighted by Crippen LogP contribution is 2.27. The van der Waals surface area contributed by atoms with Crippen molar-refractivity contribution in [1.82, 2.24) is 0 Å². The van der Waals surface area contributed by atoms with Gasteiger partial charge in [-0.1, -0.05) is 26.0 Å². The number of benzene rings is 2. The fourth-order valence-electron chi connectivity index (χ4n) is 3.73. The number of nitrogens with two attached hydrogens (primary N) is 6. The van der Waals surface area contributed by atoms with Gasteiger partial charge in [-0.25, -0.2) is 0 Å². The van der Waals surface area contributed by atoms with Crippen LogP contribution in [0.5, 0.6) is 0 Å². The molecule has 35 heavy (non-hydrogen) atoms. The fourth-order valence-corrected chi connectivity index (χ4v) is 3.73. The van der Waals surface area contributed by atoms with Crippen LogP contribution >= 0.6 is 0 Å². The number of aryl methyl sites for hydroxylation is 2. The standard InChI is InChI=1S/C16H20N2.C9H16N4O4/c1-3-11-9-13(5-7-15(11)17)14-6-8-16(18)12(4-2)10-14;10-1-5(14)9(6(15)2-11,7(16)3-12)8(17)4-13/h5-10H,3-4,17-18H2,1-2H3;1-4,10-13H2. The molecule has 0 radical (unpaired) electrons. The average molecular weight is 485 g/mol. The number of hydrogen-bond acceptors (Lipinski definition) is 10. The first kappa shape index (κ1) is 29.6. The Hall–Kier alpha value is -3.44. The van der Waals surface area contributed by atoms with Crippen molar-refractivity contribution in [3.63, 3.8) is 0 Å². The SMILES string of the molecule is CCc1cc(-c2ccc(N)c(CC)c2)ccc1N.NCC(=O)C(C(=O)CN)(C(=O)CN)C(=O)CN. The van der Waals surface area contributed by atoms with Crippen LogP contribution < -0.4 is 34.4 Å². The number of rotatable bonds is 11. The molecule has 0 aliphatic rings. The van der Waals surface area contributed by atoms with E-state index in [-0.39, 0.29) is 0 Å². The van der Waals surface area contributed by atoms with Gasteiger partial charge in [0, 0.05) is 11.4 Å². The number of Topliss-reactive ketones (excluding diaryl/α,β-unsaturated/α-hetero) is 4. The van der Waals surface area contributed by atoms with Gasteiger partial charge in [0.2, 0.25) is 5.41 Å². The van der Waals surface area contributed by atoms with E-state index in [9.17, 15) is 19.2 Å². The molecule has 0 aliphatic heterocycles. The lowest BCUT2D eigenvalue weighted by molar-refractivity contribution is -0.153. The quantitative estimate of drug-likeness (QED) is 0.181. The first-order valence-electron chi connectivity index (χ1n) is 11.3. The minimum absolute atomic E-state index is 0.650. The summed E-state index contributed by atoms with van der Waals surface area (Å²) in [5, 5.41) is 0. The smallest absolute Gasteiger partial charge is 0.208 e. The second-order valence-corrected chi connectivity index (χ2v) is 7.79. The first-order chi connectivity index (χ1) is 16.6. The lowest BCUT2D eigenvalue weighted by atomic mass is 9.71. The maximum atomic E-state index is 11.7. The van der Waals surface area contributed by atoms with E-state index in [0.29, 0.717) is 0 Å². The molecule has 0 unspecified atom stereocenters. The van der Waals surface area contributed by atoms with Crippen molar-refractivity contribution in [3.05, 3.63) is 47.5 Å². The third-order valence-electron chi connectivity index (χ3n) is 5.80. The number of ketones is 4. The predicted molar refractivity (Wildman–Crippen MR) is 138 cm³/mol. The molecule has 0 bridgehead atoms. The van der Waals surface area contributed by atoms with Crippen molar-refractivity contribution in [2.24, 2.45) is 28.3 Å². The van der Waals surface area contributed by atoms with E-state index in [2.05, 4.69) is 38.1 Å². The summed E-state index contributed by atoms with van der Waals surface area (Å²) < 4.78 is 0. The largest absolute Gasteiger partial charge is 0.399 e. The Kier molecular flexibility index (Phi) is 11.4. The van der Waals surface area contributed by atoms with Gasteiger partial charge in [0.1, 0.15) is 0 Å². The third-order valence-corrected chi connectivity index (χ3v) is 5.80. The lowest BCUT2D eigenvalue weighted by Gasteiger charge is -2.26. The van der Waals surface area contributed by atoms with Gasteiger partial charge in [0.05, 0.1) is 26.2 Å². The summed E-state index contributed by atoms with van der Waals surface area (Å²) in [5.41, 5.74) is 36.3. The molecule has 2 aromatic carbocycles. The van der Waals surface area contributed by atoms with Gasteiger partial charge in [-0.05, 0) is 59.4 Å². The van der Waals surface area contributed by atoms with Crippen LogP contribution in [-0.2, 0) is 32.0 Å². The summed E-state index contributed by atoms with van der Waals surface area (Å²) in [7, 11) is 0. The highest BCUT2D eigenvalue weighted by molar-refractivity contribution is 6.40. The molecule has 0 heterocycles. The van der Waals surface area contributed by atoms with Crippen LogP contribution in [-0.4, -0.2) is 49.3 Å². The molecule has 0 spiro atoms. The highest BCUT2D eigenvalue weighted by atomic mass is 16.2. The average Bonchev–Trinajstić information content (AvgIpc) is 2.89. The summed E-state index contributed by atoms with van der Waals surface area (Å²) in [6.07, 6.45) is 1.91. The minimum atomic E-state index is -2.52. The number of carbonyl (C=O) groups is 4. The Balaban J connectivity index is 0.000000351. The molecule has 0 fully saturated rings. The lowest BCUT2D eigenvalue weighted by Crippen LogP contribution is -2.59. The summed E-state index contributed by atoms with van der Waals surface area (Å²) >= 11 is 0. The monoisotopic (exact) mass is 484 g/mol. The van der Waals surface area contributed by atoms with E-state index in [0.717, 1.165) is 24.2 Å². The van der Waals surface area contributed by atoms with Crippen LogP contribution in [0.3, 0.4) is 0 Å². The molecule has 10 nitrogen and oxygen atoms in total. The Morgan fingerprint density at radius 3 is 1.11 bits per heavy atom. The Morgan fingerprint density at radius 1 is 0.600 bits per heavy atom. The van der Waals surface area contributed by atoms with Crippen molar-refractivity contribution < 1.29 is 19.2 Å². The molecule has 0 atom stereocenters. The summed E-state index contributed by atoms with van der Waals surface area (Å²) in [6.45, 7) is 1.64. The molecule has 0 saturated carbocycles. The van der Waals surface area contributed by atoms with Crippen LogP contribution in [0.15, 0.2) is 36.4 Å². The molecule has 0 saturated heterocycles. The molecule has 10 heteroatoms. The third kappa shape index (κ3) is 6.37. The molecule has 2 aromatic rings. The molecule has 2 rings (SSSR count). The molecular formula is C25H36N6O4. The Morgan fingerprint density at radius 2 is 0.886 bits per heavy atom. The molecule has 190 valence electrons. The van der Waals surface area contributed by atoms with Gasteiger partial charge < -0.3 is 34.4 Å². The van der Waals surface area contributed by atoms with Gasteiger partial charge in [0.15, 0.2) is 23.1 Å². The van der Waals surface area contributed by atoms with Gasteiger partial charge in [0.25, 0.3) is 0 Å². The van der Waals surface area contributed by atoms with E-state index < -0.39 is 54.7 Å². The zero-order valence-corrected chi connectivity index (χ0v) is 20.3. The summed E-state index contributed by atoms with van der Waals surface area (Å²) in [5.74, 6) is -4.12. The zero-order chi connectivity index (χ0) is 26.8. The minimum Gasteiger partial charge on any atom is -0.399 e. The molecule has 0 aliphatic carbocycles. The molecular weight excluding hydrogens is 448 g/mol. The summed E-state index contributed by atoms with van der Waals surface area (Å²) in [4.78, 5) is 46.7. The van der Waals surface area contributed by atoms with Crippen LogP contribution in [0.25, 0.3) is 11.1 Å². The van der Waals surface area contributed by atoms with Gasteiger partial charge in [-0.15, -0.1) is 0 Å². The van der Waals surface area contributed by atoms with Gasteiger partial charge in [-0.3, -0.25) is 19.2 Å². The normalized spacial score (nSPS) is 10.8. The molecule has 0 aromatic heterocycles. The van der Waals surface area contributed by atoms with Crippen molar-refractivity contribution in [2.45, 2.75) is 26.7 Å². The summed E-state index contributed by atoms with van der Waals surface area (Å²) in [6, 6.07) is 12.4. The Labute approximate surface area is 205 Å². The van der Waals surface area contributed by atoms with Gasteiger partial charge >= 0.3 is 0 Å². The van der Waals surface area contributed by atoms with Crippen LogP contribution in [0.4, 0.5) is 11.4 Å². The van der Waals surface area contributed by atoms with Crippen LogP contribution in [0.2, 0.25) is 0 Å². The first-order valence-corrected chi connectivity index (χ1v) is 11.3. The number of anilines is 2. The number of hydrogen-bond donors (Lipinski definition) is 6. The molecule has 0 amide bonds. The van der Waals surface area contributed by atoms with E-state index in [1.165, 1.54) is 22.3 Å². The predicted octanol–water partition coefficient (Wildman–Crippen LogP) is -0.273. The second kappa shape index (κ2) is 13.4. The van der Waals surface area contributed by atoms with Gasteiger partial charge in [-0.2, -0.15) is 0 Å². The highest BCUT2D eigenvalue weighted by Gasteiger charge is 2.54. The second-order valence-electron chi connectivity index (χ2n) is 7.79. The maximum absolute atomic E-state index is 11.7. The van der Waals surface area contributed by atoms with E-state index in [1.54, 1.807) is 0 Å². The zero-order valence-electron chi connectivity index (χ0n) is 20.3. The fraction of sp³-hybridized carbons (Fsp3) is 0.360. The van der Waals surface area contributed by atoms with Crippen LogP contribution in [0, 0.1) is 5.41 Å². The van der Waals surface area contributed by atoms with Crippen LogP contribution in [0.1, 0.15) is 25.0 Å². The van der Waals surface area contributed by atoms with E-state index >= 15 is 0 Å². The van der Waals surface area contributed by atoms with Crippen molar-refractivity contribution in [3.8, 4) is 11.1 Å².